The number of hydrogen-bond donors (Lipinski definition) is 1. The average molecular weight is 269 g/mol. The Morgan fingerprint density at radius 3 is 2.75 bits per heavy atom. The summed E-state index contributed by atoms with van der Waals surface area (Å²) < 4.78 is 16.6. The fraction of sp³-hybridized carbons (Fsp3) is 0.250. The van der Waals surface area contributed by atoms with Gasteiger partial charge in [0.25, 0.3) is 0 Å². The molecule has 1 unspecified atom stereocenters. The highest BCUT2D eigenvalue weighted by Gasteiger charge is 2.23. The molecule has 102 valence electrons. The van der Waals surface area contributed by atoms with Gasteiger partial charge in [-0.15, -0.1) is 0 Å². The van der Waals surface area contributed by atoms with Crippen LogP contribution in [0.15, 0.2) is 36.4 Å². The summed E-state index contributed by atoms with van der Waals surface area (Å²) in [5.41, 5.74) is 3.39. The van der Waals surface area contributed by atoms with Gasteiger partial charge in [0, 0.05) is 0 Å². The van der Waals surface area contributed by atoms with Crippen molar-refractivity contribution in [3.05, 3.63) is 47.5 Å². The number of benzene rings is 2. The standard InChI is InChI=1S/C16H15NO3/c1-10-2-4-14-12(6-10)17-13(8-18-14)11-3-5-15-16(7-11)20-9-19-15/h2-7,13,17H,8-9H2,1H3. The maximum atomic E-state index is 5.83. The molecule has 0 saturated heterocycles. The number of anilines is 1. The highest BCUT2D eigenvalue weighted by molar-refractivity contribution is 5.61. The second-order valence-corrected chi connectivity index (χ2v) is 5.12. The molecule has 0 amide bonds. The lowest BCUT2D eigenvalue weighted by Gasteiger charge is -2.28. The Hall–Kier alpha value is -2.36. The summed E-state index contributed by atoms with van der Waals surface area (Å²) in [6.45, 7) is 2.98. The minimum atomic E-state index is 0.124. The molecule has 2 aromatic carbocycles. The minimum Gasteiger partial charge on any atom is -0.489 e. The summed E-state index contributed by atoms with van der Waals surface area (Å²) >= 11 is 0. The van der Waals surface area contributed by atoms with Crippen LogP contribution in [0.2, 0.25) is 0 Å². The molecule has 2 aliphatic heterocycles. The molecule has 0 saturated carbocycles. The van der Waals surface area contributed by atoms with Crippen molar-refractivity contribution < 1.29 is 14.2 Å². The monoisotopic (exact) mass is 269 g/mol. The molecule has 0 aliphatic carbocycles. The Morgan fingerprint density at radius 2 is 1.80 bits per heavy atom. The minimum absolute atomic E-state index is 0.124. The van der Waals surface area contributed by atoms with Crippen LogP contribution in [-0.4, -0.2) is 13.4 Å². The molecule has 0 radical (unpaired) electrons. The van der Waals surface area contributed by atoms with Gasteiger partial charge in [0.2, 0.25) is 6.79 Å². The molecule has 0 fully saturated rings. The lowest BCUT2D eigenvalue weighted by atomic mass is 10.0. The van der Waals surface area contributed by atoms with E-state index in [1.165, 1.54) is 5.56 Å². The molecule has 0 aromatic heterocycles. The number of ether oxygens (including phenoxy) is 3. The Labute approximate surface area is 117 Å². The number of aryl methyl sites for hydroxylation is 1. The number of nitrogens with one attached hydrogen (secondary N) is 1. The predicted octanol–water partition coefficient (Wildman–Crippen LogP) is 3.27. The van der Waals surface area contributed by atoms with Gasteiger partial charge < -0.3 is 19.5 Å². The quantitative estimate of drug-likeness (QED) is 0.862. The van der Waals surface area contributed by atoms with Crippen LogP contribution < -0.4 is 19.5 Å². The third kappa shape index (κ3) is 1.84. The maximum absolute atomic E-state index is 5.83. The maximum Gasteiger partial charge on any atom is 0.231 e. The average Bonchev–Trinajstić information content (AvgIpc) is 2.93. The summed E-state index contributed by atoms with van der Waals surface area (Å²) in [5.74, 6) is 2.52. The first-order valence-corrected chi connectivity index (χ1v) is 6.69. The van der Waals surface area contributed by atoms with E-state index in [0.29, 0.717) is 13.4 Å². The molecule has 4 heteroatoms. The number of fused-ring (bicyclic) bond motifs is 2. The van der Waals surface area contributed by atoms with Crippen LogP contribution in [0.1, 0.15) is 17.2 Å². The van der Waals surface area contributed by atoms with E-state index in [0.717, 1.165) is 28.5 Å². The fourth-order valence-electron chi connectivity index (χ4n) is 2.59. The molecule has 4 rings (SSSR count). The zero-order valence-corrected chi connectivity index (χ0v) is 11.2. The summed E-state index contributed by atoms with van der Waals surface area (Å²) in [5, 5.41) is 3.52. The van der Waals surface area contributed by atoms with E-state index in [1.807, 2.05) is 18.2 Å². The topological polar surface area (TPSA) is 39.7 Å². The molecule has 0 bridgehead atoms. The zero-order valence-electron chi connectivity index (χ0n) is 11.2. The molecule has 1 atom stereocenters. The second kappa shape index (κ2) is 4.34. The smallest absolute Gasteiger partial charge is 0.231 e. The van der Waals surface area contributed by atoms with E-state index < -0.39 is 0 Å². The molecule has 4 nitrogen and oxygen atoms in total. The highest BCUT2D eigenvalue weighted by atomic mass is 16.7. The molecule has 2 aromatic rings. The molecule has 20 heavy (non-hydrogen) atoms. The molecule has 2 aliphatic rings. The summed E-state index contributed by atoms with van der Waals surface area (Å²) in [6.07, 6.45) is 0. The summed E-state index contributed by atoms with van der Waals surface area (Å²) in [6, 6.07) is 12.3. The van der Waals surface area contributed by atoms with E-state index in [4.69, 9.17) is 14.2 Å². The molecular weight excluding hydrogens is 254 g/mol. The van der Waals surface area contributed by atoms with Gasteiger partial charge in [-0.1, -0.05) is 12.1 Å². The molecule has 0 spiro atoms. The van der Waals surface area contributed by atoms with Crippen molar-refractivity contribution in [2.45, 2.75) is 13.0 Å². The van der Waals surface area contributed by atoms with Gasteiger partial charge >= 0.3 is 0 Å². The first-order valence-electron chi connectivity index (χ1n) is 6.69. The van der Waals surface area contributed by atoms with Crippen LogP contribution in [0.25, 0.3) is 0 Å². The van der Waals surface area contributed by atoms with Crippen molar-refractivity contribution in [2.24, 2.45) is 0 Å². The van der Waals surface area contributed by atoms with Crippen LogP contribution in [-0.2, 0) is 0 Å². The summed E-state index contributed by atoms with van der Waals surface area (Å²) in [7, 11) is 0. The van der Waals surface area contributed by atoms with Gasteiger partial charge in [-0.05, 0) is 42.3 Å². The van der Waals surface area contributed by atoms with Crippen LogP contribution in [0.3, 0.4) is 0 Å². The third-order valence-electron chi connectivity index (χ3n) is 3.67. The van der Waals surface area contributed by atoms with Crippen LogP contribution in [0.5, 0.6) is 17.2 Å². The second-order valence-electron chi connectivity index (χ2n) is 5.12. The van der Waals surface area contributed by atoms with Crippen molar-refractivity contribution in [3.8, 4) is 17.2 Å². The van der Waals surface area contributed by atoms with Crippen LogP contribution in [0.4, 0.5) is 5.69 Å². The zero-order chi connectivity index (χ0) is 13.5. The number of rotatable bonds is 1. The highest BCUT2D eigenvalue weighted by Crippen LogP contribution is 2.38. The van der Waals surface area contributed by atoms with E-state index in [2.05, 4.69) is 30.4 Å². The van der Waals surface area contributed by atoms with Crippen LogP contribution >= 0.6 is 0 Å². The fourth-order valence-corrected chi connectivity index (χ4v) is 2.59. The first kappa shape index (κ1) is 11.5. The SMILES string of the molecule is Cc1ccc2c(c1)NC(c1ccc3c(c1)OCO3)CO2. The van der Waals surface area contributed by atoms with E-state index >= 15 is 0 Å². The Kier molecular flexibility index (Phi) is 2.49. The Balaban J connectivity index is 1.64. The predicted molar refractivity (Wildman–Crippen MR) is 75.6 cm³/mol. The van der Waals surface area contributed by atoms with Crippen molar-refractivity contribution >= 4 is 5.69 Å². The van der Waals surface area contributed by atoms with Crippen LogP contribution in [0, 0.1) is 6.92 Å². The summed E-state index contributed by atoms with van der Waals surface area (Å²) in [4.78, 5) is 0. The van der Waals surface area contributed by atoms with Gasteiger partial charge in [0.1, 0.15) is 12.4 Å². The molecule has 2 heterocycles. The van der Waals surface area contributed by atoms with E-state index in [1.54, 1.807) is 0 Å². The van der Waals surface area contributed by atoms with Gasteiger partial charge in [0.15, 0.2) is 11.5 Å². The van der Waals surface area contributed by atoms with E-state index in [-0.39, 0.29) is 6.04 Å². The normalized spacial score (nSPS) is 18.9. The molecule has 1 N–H and O–H groups in total. The number of hydrogen-bond acceptors (Lipinski definition) is 4. The lowest BCUT2D eigenvalue weighted by Crippen LogP contribution is -2.23. The van der Waals surface area contributed by atoms with Gasteiger partial charge in [-0.25, -0.2) is 0 Å². The van der Waals surface area contributed by atoms with Gasteiger partial charge in [-0.3, -0.25) is 0 Å². The van der Waals surface area contributed by atoms with Crippen molar-refractivity contribution in [2.75, 3.05) is 18.7 Å². The Bertz CT molecular complexity index is 669. The van der Waals surface area contributed by atoms with Gasteiger partial charge in [0.05, 0.1) is 11.7 Å². The Morgan fingerprint density at radius 1 is 0.950 bits per heavy atom. The van der Waals surface area contributed by atoms with Crippen molar-refractivity contribution in [1.29, 1.82) is 0 Å². The van der Waals surface area contributed by atoms with Crippen molar-refractivity contribution in [3.63, 3.8) is 0 Å². The first-order chi connectivity index (χ1) is 9.79. The third-order valence-corrected chi connectivity index (χ3v) is 3.67. The van der Waals surface area contributed by atoms with Crippen molar-refractivity contribution in [1.82, 2.24) is 0 Å². The largest absolute Gasteiger partial charge is 0.489 e. The van der Waals surface area contributed by atoms with E-state index in [9.17, 15) is 0 Å². The van der Waals surface area contributed by atoms with Gasteiger partial charge in [-0.2, -0.15) is 0 Å². The lowest BCUT2D eigenvalue weighted by molar-refractivity contribution is 0.174. The molecular formula is C16H15NO3.